The Morgan fingerprint density at radius 2 is 0.487 bits per heavy atom. The summed E-state index contributed by atoms with van der Waals surface area (Å²) in [6, 6.07) is 94.1. The van der Waals surface area contributed by atoms with E-state index in [2.05, 4.69) is 252 Å². The van der Waals surface area contributed by atoms with Gasteiger partial charge in [0.2, 0.25) is 0 Å². The molecule has 2 aliphatic heterocycles. The molecule has 0 bridgehead atoms. The molecule has 6 nitrogen and oxygen atoms in total. The van der Waals surface area contributed by atoms with E-state index in [1.54, 1.807) is 0 Å². The van der Waals surface area contributed by atoms with Gasteiger partial charge in [-0.05, 0) is 108 Å². The van der Waals surface area contributed by atoms with Gasteiger partial charge >= 0.3 is 0 Å². The summed E-state index contributed by atoms with van der Waals surface area (Å²) >= 11 is 3.62. The zero-order valence-corrected chi connectivity index (χ0v) is 42.5. The van der Waals surface area contributed by atoms with Gasteiger partial charge in [0.25, 0.3) is 0 Å². The number of aromatic nitrogens is 4. The maximum absolute atomic E-state index is 5.41. The van der Waals surface area contributed by atoms with Crippen molar-refractivity contribution in [3.05, 3.63) is 267 Å². The number of benzene rings is 10. The van der Waals surface area contributed by atoms with Crippen LogP contribution in [0.25, 0.3) is 78.9 Å². The van der Waals surface area contributed by atoms with E-state index in [1.807, 2.05) is 47.8 Å². The number of hydrogen-bond acceptors (Lipinski definition) is 8. The summed E-state index contributed by atoms with van der Waals surface area (Å²) in [7, 11) is 0. The maximum atomic E-state index is 5.41. The van der Waals surface area contributed by atoms with Gasteiger partial charge in [-0.2, -0.15) is 0 Å². The monoisotopic (exact) mass is 1010 g/mol. The molecule has 14 rings (SSSR count). The average Bonchev–Trinajstić information content (AvgIpc) is 3.50. The van der Waals surface area contributed by atoms with Crippen molar-refractivity contribution >= 4 is 57.6 Å². The van der Waals surface area contributed by atoms with Crippen LogP contribution in [0.2, 0.25) is 0 Å². The molecular weight excluding hydrogens is 965 g/mol. The predicted octanol–water partition coefficient (Wildman–Crippen LogP) is 18.8. The Balaban J connectivity index is 1.06. The molecule has 0 atom stereocenters. The third-order valence-corrected chi connectivity index (χ3v) is 16.1. The number of hydrogen-bond donors (Lipinski definition) is 0. The minimum absolute atomic E-state index is 0.592. The van der Waals surface area contributed by atoms with Gasteiger partial charge in [0.05, 0.1) is 45.5 Å². The highest BCUT2D eigenvalue weighted by Crippen LogP contribution is 2.55. The largest absolute Gasteiger partial charge is 0.308 e. The Hall–Kier alpha value is -9.34. The van der Waals surface area contributed by atoms with E-state index in [1.165, 1.54) is 19.6 Å². The first-order valence-corrected chi connectivity index (χ1v) is 26.9. The van der Waals surface area contributed by atoms with Crippen LogP contribution in [0.4, 0.5) is 34.1 Å². The lowest BCUT2D eigenvalue weighted by atomic mass is 9.96. The zero-order chi connectivity index (χ0) is 50.4. The number of anilines is 6. The van der Waals surface area contributed by atoms with E-state index in [4.69, 9.17) is 19.9 Å². The van der Waals surface area contributed by atoms with E-state index in [0.29, 0.717) is 11.6 Å². The standard InChI is InChI=1S/C68H44N6S2/c1-5-21-45(22-6-1)55-43-56(46-23-7-2-8-24-46)70-67(69-55)51-37-49(38-52(39-51)68-71-57(47-25-9-3-10-26-47)44-58(72-68)48-27-11-4-12-28-48)50-40-53(73-59-29-13-17-33-63(59)75-64-34-18-14-30-60(64)73)42-54(41-50)74-61-31-15-19-35-65(61)76-66-36-20-16-32-62(66)74/h1-44H. The molecule has 0 saturated carbocycles. The number of fused-ring (bicyclic) bond motifs is 4. The van der Waals surface area contributed by atoms with Gasteiger partial charge in [0.15, 0.2) is 11.6 Å². The van der Waals surface area contributed by atoms with Crippen molar-refractivity contribution in [3.8, 4) is 78.9 Å². The Labute approximate surface area is 450 Å². The normalized spacial score (nSPS) is 12.3. The van der Waals surface area contributed by atoms with Crippen LogP contribution < -0.4 is 9.80 Å². The van der Waals surface area contributed by atoms with Crippen molar-refractivity contribution in [3.63, 3.8) is 0 Å². The molecular formula is C68H44N6S2. The van der Waals surface area contributed by atoms with Gasteiger partial charge < -0.3 is 9.80 Å². The Kier molecular flexibility index (Phi) is 11.6. The molecule has 358 valence electrons. The van der Waals surface area contributed by atoms with Gasteiger partial charge in [0.1, 0.15) is 0 Å². The highest BCUT2D eigenvalue weighted by Gasteiger charge is 2.29. The minimum atomic E-state index is 0.592. The lowest BCUT2D eigenvalue weighted by molar-refractivity contribution is 1.14. The van der Waals surface area contributed by atoms with Crippen LogP contribution >= 0.6 is 23.5 Å². The second-order valence-electron chi connectivity index (χ2n) is 18.7. The van der Waals surface area contributed by atoms with Crippen molar-refractivity contribution in [2.75, 3.05) is 9.80 Å². The molecule has 8 heteroatoms. The summed E-state index contributed by atoms with van der Waals surface area (Å²) in [5.74, 6) is 1.18. The molecule has 2 aliphatic rings. The van der Waals surface area contributed by atoms with Gasteiger partial charge in [-0.15, -0.1) is 0 Å². The fraction of sp³-hybridized carbons (Fsp3) is 0. The lowest BCUT2D eigenvalue weighted by Crippen LogP contribution is -2.17. The minimum Gasteiger partial charge on any atom is -0.308 e. The average molecular weight is 1010 g/mol. The van der Waals surface area contributed by atoms with Crippen molar-refractivity contribution < 1.29 is 0 Å². The lowest BCUT2D eigenvalue weighted by Gasteiger charge is -2.36. The summed E-state index contributed by atoms with van der Waals surface area (Å²) in [5.41, 5.74) is 17.5. The highest BCUT2D eigenvalue weighted by atomic mass is 32.2. The van der Waals surface area contributed by atoms with Gasteiger partial charge in [0, 0.05) is 64.3 Å². The summed E-state index contributed by atoms with van der Waals surface area (Å²) in [6.45, 7) is 0. The predicted molar refractivity (Wildman–Crippen MR) is 313 cm³/mol. The van der Waals surface area contributed by atoms with Gasteiger partial charge in [-0.1, -0.05) is 193 Å². The van der Waals surface area contributed by atoms with Crippen LogP contribution in [0.3, 0.4) is 0 Å². The van der Waals surface area contributed by atoms with Crippen LogP contribution in [-0.4, -0.2) is 19.9 Å². The summed E-state index contributed by atoms with van der Waals surface area (Å²) in [5, 5.41) is 0. The van der Waals surface area contributed by atoms with E-state index in [0.717, 1.165) is 101 Å². The smallest absolute Gasteiger partial charge is 0.160 e. The zero-order valence-electron chi connectivity index (χ0n) is 40.9. The van der Waals surface area contributed by atoms with Crippen LogP contribution in [0.15, 0.2) is 287 Å². The van der Waals surface area contributed by atoms with Gasteiger partial charge in [-0.25, -0.2) is 19.9 Å². The highest BCUT2D eigenvalue weighted by molar-refractivity contribution is 8.00. The molecule has 0 N–H and O–H groups in total. The summed E-state index contributed by atoms with van der Waals surface area (Å²) in [4.78, 5) is 31.2. The first-order valence-electron chi connectivity index (χ1n) is 25.3. The second-order valence-corrected chi connectivity index (χ2v) is 20.8. The van der Waals surface area contributed by atoms with Crippen LogP contribution in [0.5, 0.6) is 0 Å². The Bertz CT molecular complexity index is 3670. The number of para-hydroxylation sites is 4. The summed E-state index contributed by atoms with van der Waals surface area (Å²) < 4.78 is 0. The third-order valence-electron chi connectivity index (χ3n) is 13.8. The molecule has 0 radical (unpaired) electrons. The van der Waals surface area contributed by atoms with Crippen LogP contribution in [-0.2, 0) is 0 Å². The summed E-state index contributed by atoms with van der Waals surface area (Å²) in [6.07, 6.45) is 0. The molecule has 12 aromatic rings. The first-order chi connectivity index (χ1) is 37.6. The molecule has 0 amide bonds. The number of rotatable bonds is 9. The van der Waals surface area contributed by atoms with E-state index in [-0.39, 0.29) is 0 Å². The fourth-order valence-electron chi connectivity index (χ4n) is 10.2. The molecule has 0 unspecified atom stereocenters. The topological polar surface area (TPSA) is 58.0 Å². The molecule has 2 aromatic heterocycles. The van der Waals surface area contributed by atoms with Crippen LogP contribution in [0.1, 0.15) is 0 Å². The second kappa shape index (κ2) is 19.5. The number of nitrogens with zero attached hydrogens (tertiary/aromatic N) is 6. The molecule has 0 saturated heterocycles. The first kappa shape index (κ1) is 45.3. The molecule has 0 aliphatic carbocycles. The molecule has 4 heterocycles. The van der Waals surface area contributed by atoms with E-state index >= 15 is 0 Å². The van der Waals surface area contributed by atoms with E-state index in [9.17, 15) is 0 Å². The van der Waals surface area contributed by atoms with Crippen molar-refractivity contribution in [1.29, 1.82) is 0 Å². The molecule has 0 fully saturated rings. The van der Waals surface area contributed by atoms with Crippen molar-refractivity contribution in [1.82, 2.24) is 19.9 Å². The Morgan fingerprint density at radius 3 is 0.803 bits per heavy atom. The Morgan fingerprint density at radius 1 is 0.224 bits per heavy atom. The molecule has 76 heavy (non-hydrogen) atoms. The fourth-order valence-corrected chi connectivity index (χ4v) is 12.3. The van der Waals surface area contributed by atoms with Crippen LogP contribution in [0, 0.1) is 0 Å². The molecule has 10 aromatic carbocycles. The third kappa shape index (κ3) is 8.59. The van der Waals surface area contributed by atoms with Crippen molar-refractivity contribution in [2.24, 2.45) is 0 Å². The van der Waals surface area contributed by atoms with Gasteiger partial charge in [-0.3, -0.25) is 0 Å². The SMILES string of the molecule is c1ccc(-c2cc(-c3ccccc3)nc(-c3cc(-c4cc(N5c6ccccc6Sc6ccccc65)cc(N5c6ccccc6Sc6ccccc65)c4)cc(-c4nc(-c5ccccc5)cc(-c5ccccc5)n4)c3)n2)cc1. The maximum Gasteiger partial charge on any atom is 0.160 e. The quantitative estimate of drug-likeness (QED) is 0.142. The molecule has 0 spiro atoms. The van der Waals surface area contributed by atoms with E-state index < -0.39 is 0 Å². The van der Waals surface area contributed by atoms with Crippen molar-refractivity contribution in [2.45, 2.75) is 19.6 Å².